The number of carbonyl (C=O) groups is 1. The highest BCUT2D eigenvalue weighted by Gasteiger charge is 2.28. The van der Waals surface area contributed by atoms with Gasteiger partial charge in [-0.05, 0) is 37.1 Å². The van der Waals surface area contributed by atoms with Crippen LogP contribution in [0.2, 0.25) is 0 Å². The number of nitrogens with zero attached hydrogens (tertiary/aromatic N) is 3. The van der Waals surface area contributed by atoms with Gasteiger partial charge in [0.2, 0.25) is 11.8 Å². The first-order chi connectivity index (χ1) is 16.5. The highest BCUT2D eigenvalue weighted by Crippen LogP contribution is 2.35. The van der Waals surface area contributed by atoms with Gasteiger partial charge in [0.1, 0.15) is 17.2 Å². The van der Waals surface area contributed by atoms with Gasteiger partial charge in [0, 0.05) is 31.7 Å². The van der Waals surface area contributed by atoms with Gasteiger partial charge in [0.25, 0.3) is 0 Å². The van der Waals surface area contributed by atoms with Gasteiger partial charge in [-0.1, -0.05) is 44.2 Å². The fourth-order valence-corrected chi connectivity index (χ4v) is 4.23. The van der Waals surface area contributed by atoms with Crippen LogP contribution in [0.25, 0.3) is 11.3 Å². The summed E-state index contributed by atoms with van der Waals surface area (Å²) in [6.45, 7) is 5.56. The number of aryl methyl sites for hydroxylation is 1. The predicted molar refractivity (Wildman–Crippen MR) is 131 cm³/mol. The van der Waals surface area contributed by atoms with Crippen molar-refractivity contribution in [3.8, 4) is 28.6 Å². The molecule has 1 aliphatic heterocycles. The zero-order chi connectivity index (χ0) is 24.1. The minimum atomic E-state index is -0.121. The molecule has 2 aromatic carbocycles. The van der Waals surface area contributed by atoms with Crippen LogP contribution in [0.15, 0.2) is 54.6 Å². The second kappa shape index (κ2) is 10.7. The Labute approximate surface area is 201 Å². The molecule has 7 nitrogen and oxygen atoms in total. The summed E-state index contributed by atoms with van der Waals surface area (Å²) < 4.78 is 19.2. The Kier molecular flexibility index (Phi) is 7.53. The number of amides is 1. The molecule has 0 bridgehead atoms. The van der Waals surface area contributed by atoms with E-state index in [-0.39, 0.29) is 17.9 Å². The van der Waals surface area contributed by atoms with Crippen LogP contribution < -0.4 is 9.47 Å². The molecule has 1 atom stereocenters. The van der Waals surface area contributed by atoms with Crippen LogP contribution in [0.4, 0.5) is 0 Å². The molecule has 1 amide bonds. The van der Waals surface area contributed by atoms with E-state index in [9.17, 15) is 4.79 Å². The summed E-state index contributed by atoms with van der Waals surface area (Å²) in [5.74, 6) is 2.01. The van der Waals surface area contributed by atoms with Crippen LogP contribution in [0.1, 0.15) is 32.3 Å². The number of benzene rings is 2. The number of methoxy groups -OCH3 is 1. The van der Waals surface area contributed by atoms with Crippen LogP contribution in [-0.4, -0.2) is 47.0 Å². The molecule has 0 N–H and O–H groups in total. The molecule has 0 unspecified atom stereocenters. The second-order valence-electron chi connectivity index (χ2n) is 8.91. The fourth-order valence-electron chi connectivity index (χ4n) is 4.23. The molecule has 0 spiro atoms. The van der Waals surface area contributed by atoms with Crippen LogP contribution in [-0.2, 0) is 23.1 Å². The largest absolute Gasteiger partial charge is 0.497 e. The van der Waals surface area contributed by atoms with Crippen molar-refractivity contribution >= 4 is 5.91 Å². The maximum absolute atomic E-state index is 13.2. The molecule has 34 heavy (non-hydrogen) atoms. The Morgan fingerprint density at radius 3 is 2.47 bits per heavy atom. The highest BCUT2D eigenvalue weighted by atomic mass is 16.5. The number of rotatable bonds is 9. The maximum Gasteiger partial charge on any atom is 0.225 e. The van der Waals surface area contributed by atoms with E-state index in [1.165, 1.54) is 0 Å². The van der Waals surface area contributed by atoms with Gasteiger partial charge in [-0.25, -0.2) is 4.68 Å². The van der Waals surface area contributed by atoms with Crippen molar-refractivity contribution in [3.63, 3.8) is 0 Å². The smallest absolute Gasteiger partial charge is 0.225 e. The third kappa shape index (κ3) is 5.42. The summed E-state index contributed by atoms with van der Waals surface area (Å²) in [5, 5.41) is 4.80. The van der Waals surface area contributed by atoms with Crippen molar-refractivity contribution in [1.82, 2.24) is 14.7 Å². The van der Waals surface area contributed by atoms with Crippen LogP contribution in [0.3, 0.4) is 0 Å². The van der Waals surface area contributed by atoms with Gasteiger partial charge in [0.15, 0.2) is 0 Å². The molecule has 1 saturated heterocycles. The molecule has 4 rings (SSSR count). The van der Waals surface area contributed by atoms with E-state index in [1.807, 2.05) is 80.4 Å². The SMILES string of the molecule is COc1ccc(Oc2c(CN(C[C@H]3CCCO3)C(=O)C(C)C)c(-c3ccccc3)nn2C)cc1. The standard InChI is InChI=1S/C27H33N3O4/c1-19(2)26(31)30(17-23-11-8-16-33-23)18-24-25(20-9-6-5-7-10-20)28-29(3)27(24)34-22-14-12-21(32-4)13-15-22/h5-7,9-10,12-15,19,23H,8,11,16-18H2,1-4H3/t23-/m1/s1. The summed E-state index contributed by atoms with van der Waals surface area (Å²) in [6.07, 6.45) is 2.06. The zero-order valence-corrected chi connectivity index (χ0v) is 20.4. The monoisotopic (exact) mass is 463 g/mol. The Morgan fingerprint density at radius 1 is 1.15 bits per heavy atom. The van der Waals surface area contributed by atoms with E-state index in [4.69, 9.17) is 19.3 Å². The minimum Gasteiger partial charge on any atom is -0.497 e. The number of hydrogen-bond acceptors (Lipinski definition) is 5. The molecule has 0 saturated carbocycles. The topological polar surface area (TPSA) is 65.8 Å². The summed E-state index contributed by atoms with van der Waals surface area (Å²) in [6, 6.07) is 17.4. The molecule has 0 radical (unpaired) electrons. The Bertz CT molecular complexity index is 1090. The predicted octanol–water partition coefficient (Wildman–Crippen LogP) is 5.05. The summed E-state index contributed by atoms with van der Waals surface area (Å²) in [4.78, 5) is 15.1. The third-order valence-electron chi connectivity index (χ3n) is 6.01. The maximum atomic E-state index is 13.2. The quantitative estimate of drug-likeness (QED) is 0.444. The zero-order valence-electron chi connectivity index (χ0n) is 20.4. The van der Waals surface area contributed by atoms with E-state index in [1.54, 1.807) is 11.8 Å². The van der Waals surface area contributed by atoms with Gasteiger partial charge in [0.05, 0.1) is 25.3 Å². The average Bonchev–Trinajstić information content (AvgIpc) is 3.47. The van der Waals surface area contributed by atoms with Crippen molar-refractivity contribution in [2.75, 3.05) is 20.3 Å². The van der Waals surface area contributed by atoms with E-state index in [0.717, 1.165) is 42.0 Å². The van der Waals surface area contributed by atoms with Crippen molar-refractivity contribution < 1.29 is 19.0 Å². The third-order valence-corrected chi connectivity index (χ3v) is 6.01. The summed E-state index contributed by atoms with van der Waals surface area (Å²) in [5.41, 5.74) is 2.66. The van der Waals surface area contributed by atoms with Crippen molar-refractivity contribution in [2.45, 2.75) is 39.3 Å². The molecule has 1 aromatic heterocycles. The minimum absolute atomic E-state index is 0.0607. The van der Waals surface area contributed by atoms with Crippen molar-refractivity contribution in [3.05, 3.63) is 60.2 Å². The van der Waals surface area contributed by atoms with E-state index < -0.39 is 0 Å². The molecular weight excluding hydrogens is 430 g/mol. The molecule has 2 heterocycles. The number of aromatic nitrogens is 2. The first-order valence-electron chi connectivity index (χ1n) is 11.8. The molecular formula is C27H33N3O4. The molecule has 1 aliphatic rings. The molecule has 0 aliphatic carbocycles. The van der Waals surface area contributed by atoms with Gasteiger partial charge < -0.3 is 19.1 Å². The van der Waals surface area contributed by atoms with Gasteiger partial charge in [-0.3, -0.25) is 4.79 Å². The lowest BCUT2D eigenvalue weighted by atomic mass is 10.1. The Balaban J connectivity index is 1.72. The Morgan fingerprint density at radius 2 is 1.85 bits per heavy atom. The Hall–Kier alpha value is -3.32. The van der Waals surface area contributed by atoms with E-state index in [2.05, 4.69) is 0 Å². The normalized spacial score (nSPS) is 15.5. The summed E-state index contributed by atoms with van der Waals surface area (Å²) in [7, 11) is 3.50. The van der Waals surface area contributed by atoms with Crippen molar-refractivity contribution in [2.24, 2.45) is 13.0 Å². The van der Waals surface area contributed by atoms with Gasteiger partial charge >= 0.3 is 0 Å². The lowest BCUT2D eigenvalue weighted by molar-refractivity contribution is -0.136. The van der Waals surface area contributed by atoms with Crippen LogP contribution >= 0.6 is 0 Å². The number of ether oxygens (including phenoxy) is 3. The average molecular weight is 464 g/mol. The first-order valence-corrected chi connectivity index (χ1v) is 11.8. The van der Waals surface area contributed by atoms with Crippen LogP contribution in [0.5, 0.6) is 17.4 Å². The first kappa shape index (κ1) is 23.8. The second-order valence-corrected chi connectivity index (χ2v) is 8.91. The number of carbonyl (C=O) groups excluding carboxylic acids is 1. The van der Waals surface area contributed by atoms with Gasteiger partial charge in [-0.2, -0.15) is 5.10 Å². The molecule has 3 aromatic rings. The number of hydrogen-bond donors (Lipinski definition) is 0. The molecule has 1 fully saturated rings. The lowest BCUT2D eigenvalue weighted by Crippen LogP contribution is -2.39. The van der Waals surface area contributed by atoms with E-state index >= 15 is 0 Å². The molecule has 180 valence electrons. The highest BCUT2D eigenvalue weighted by molar-refractivity contribution is 5.78. The van der Waals surface area contributed by atoms with Gasteiger partial charge in [-0.15, -0.1) is 0 Å². The van der Waals surface area contributed by atoms with Crippen LogP contribution in [0, 0.1) is 5.92 Å². The molecule has 7 heteroatoms. The van der Waals surface area contributed by atoms with E-state index in [0.29, 0.717) is 24.7 Å². The van der Waals surface area contributed by atoms with Crippen molar-refractivity contribution in [1.29, 1.82) is 0 Å². The fraction of sp³-hybridized carbons (Fsp3) is 0.407. The summed E-state index contributed by atoms with van der Waals surface area (Å²) >= 11 is 0. The lowest BCUT2D eigenvalue weighted by Gasteiger charge is -2.27.